The number of anilines is 2. The zero-order valence-corrected chi connectivity index (χ0v) is 13.8. The Morgan fingerprint density at radius 2 is 1.80 bits per heavy atom. The highest BCUT2D eigenvalue weighted by Gasteiger charge is 2.19. The zero-order chi connectivity index (χ0) is 15.3. The summed E-state index contributed by atoms with van der Waals surface area (Å²) in [7, 11) is 1.88. The van der Waals surface area contributed by atoms with Gasteiger partial charge in [0.05, 0.1) is 5.60 Å². The minimum atomic E-state index is -0.218. The molecule has 5 nitrogen and oxygen atoms in total. The molecule has 1 aromatic rings. The molecule has 0 bridgehead atoms. The van der Waals surface area contributed by atoms with Crippen LogP contribution < -0.4 is 10.6 Å². The molecule has 0 saturated heterocycles. The molecule has 5 heteroatoms. The molecule has 1 aromatic heterocycles. The first-order chi connectivity index (χ1) is 9.30. The lowest BCUT2D eigenvalue weighted by Crippen LogP contribution is -2.34. The van der Waals surface area contributed by atoms with E-state index in [-0.39, 0.29) is 5.60 Å². The van der Waals surface area contributed by atoms with E-state index in [2.05, 4.69) is 48.3 Å². The summed E-state index contributed by atoms with van der Waals surface area (Å²) < 4.78 is 5.70. The molecule has 0 amide bonds. The molecule has 1 rings (SSSR count). The van der Waals surface area contributed by atoms with E-state index in [9.17, 15) is 0 Å². The predicted octanol–water partition coefficient (Wildman–Crippen LogP) is 3.18. The zero-order valence-electron chi connectivity index (χ0n) is 13.8. The van der Waals surface area contributed by atoms with Gasteiger partial charge >= 0.3 is 0 Å². The molecule has 0 atom stereocenters. The molecule has 2 N–H and O–H groups in total. The molecule has 0 spiro atoms. The quantitative estimate of drug-likeness (QED) is 0.803. The van der Waals surface area contributed by atoms with E-state index in [4.69, 9.17) is 4.74 Å². The highest BCUT2D eigenvalue weighted by Crippen LogP contribution is 2.23. The molecule has 1 heterocycles. The highest BCUT2D eigenvalue weighted by atomic mass is 16.5. The van der Waals surface area contributed by atoms with Crippen LogP contribution in [0.15, 0.2) is 0 Å². The Morgan fingerprint density at radius 1 is 1.20 bits per heavy atom. The summed E-state index contributed by atoms with van der Waals surface area (Å²) in [5.74, 6) is 2.89. The Balaban J connectivity index is 2.96. The maximum atomic E-state index is 5.70. The fourth-order valence-corrected chi connectivity index (χ4v) is 1.95. The van der Waals surface area contributed by atoms with Gasteiger partial charge in [0.15, 0.2) is 0 Å². The Kier molecular flexibility index (Phi) is 5.74. The van der Waals surface area contributed by atoms with Crippen molar-refractivity contribution >= 4 is 11.6 Å². The van der Waals surface area contributed by atoms with Gasteiger partial charge in [-0.15, -0.1) is 0 Å². The van der Waals surface area contributed by atoms with E-state index < -0.39 is 0 Å². The van der Waals surface area contributed by atoms with Crippen LogP contribution in [0.1, 0.15) is 51.9 Å². The third-order valence-electron chi connectivity index (χ3n) is 3.13. The average molecular weight is 280 g/mol. The van der Waals surface area contributed by atoms with Crippen LogP contribution in [0.3, 0.4) is 0 Å². The van der Waals surface area contributed by atoms with Crippen LogP contribution in [0.4, 0.5) is 11.6 Å². The topological polar surface area (TPSA) is 59.1 Å². The lowest BCUT2D eigenvalue weighted by Gasteiger charge is -2.26. The van der Waals surface area contributed by atoms with Gasteiger partial charge in [-0.25, -0.2) is 9.97 Å². The van der Waals surface area contributed by atoms with Gasteiger partial charge in [0, 0.05) is 31.7 Å². The van der Waals surface area contributed by atoms with Crippen molar-refractivity contribution in [1.82, 2.24) is 9.97 Å². The summed E-state index contributed by atoms with van der Waals surface area (Å²) in [6.07, 6.45) is 0. The molecule has 0 aromatic carbocycles. The lowest BCUT2D eigenvalue weighted by molar-refractivity contribution is 0.000632. The third-order valence-corrected chi connectivity index (χ3v) is 3.13. The van der Waals surface area contributed by atoms with E-state index in [0.717, 1.165) is 23.0 Å². The van der Waals surface area contributed by atoms with E-state index in [1.807, 2.05) is 20.9 Å². The van der Waals surface area contributed by atoms with Crippen molar-refractivity contribution in [2.45, 2.75) is 53.1 Å². The highest BCUT2D eigenvalue weighted by molar-refractivity contribution is 5.57. The van der Waals surface area contributed by atoms with Crippen LogP contribution >= 0.6 is 0 Å². The Labute approximate surface area is 122 Å². The molecule has 0 saturated carbocycles. The largest absolute Gasteiger partial charge is 0.374 e. The standard InChI is InChI=1S/C15H28N4O/c1-8-20-15(5,6)9-17-14-11(4)13(16-7)18-12(19-14)10(2)3/h10H,8-9H2,1-7H3,(H2,16,17,18,19). The van der Waals surface area contributed by atoms with Crippen LogP contribution in [0.25, 0.3) is 0 Å². The first kappa shape index (κ1) is 16.7. The molecular formula is C15H28N4O. The molecule has 20 heavy (non-hydrogen) atoms. The van der Waals surface area contributed by atoms with Gasteiger partial charge < -0.3 is 15.4 Å². The maximum Gasteiger partial charge on any atom is 0.135 e. The van der Waals surface area contributed by atoms with E-state index in [1.165, 1.54) is 0 Å². The summed E-state index contributed by atoms with van der Waals surface area (Å²) in [6, 6.07) is 0. The maximum absolute atomic E-state index is 5.70. The van der Waals surface area contributed by atoms with Gasteiger partial charge in [0.1, 0.15) is 17.5 Å². The first-order valence-corrected chi connectivity index (χ1v) is 7.24. The second-order valence-electron chi connectivity index (χ2n) is 5.85. The molecule has 0 radical (unpaired) electrons. The summed E-state index contributed by atoms with van der Waals surface area (Å²) in [6.45, 7) is 13.8. The third kappa shape index (κ3) is 4.34. The molecule has 0 unspecified atom stereocenters. The average Bonchev–Trinajstić information content (AvgIpc) is 2.37. The molecule has 0 aliphatic rings. The van der Waals surface area contributed by atoms with Crippen molar-refractivity contribution in [3.63, 3.8) is 0 Å². The van der Waals surface area contributed by atoms with E-state index >= 15 is 0 Å². The number of aromatic nitrogens is 2. The monoisotopic (exact) mass is 280 g/mol. The van der Waals surface area contributed by atoms with Crippen molar-refractivity contribution < 1.29 is 4.74 Å². The van der Waals surface area contributed by atoms with Crippen LogP contribution in [-0.4, -0.2) is 35.8 Å². The number of nitrogens with one attached hydrogen (secondary N) is 2. The fourth-order valence-electron chi connectivity index (χ4n) is 1.95. The second-order valence-corrected chi connectivity index (χ2v) is 5.85. The van der Waals surface area contributed by atoms with Gasteiger partial charge in [-0.1, -0.05) is 13.8 Å². The summed E-state index contributed by atoms with van der Waals surface area (Å²) in [5, 5.41) is 6.52. The molecule has 0 fully saturated rings. The fraction of sp³-hybridized carbons (Fsp3) is 0.733. The van der Waals surface area contributed by atoms with Crippen molar-refractivity contribution in [1.29, 1.82) is 0 Å². The first-order valence-electron chi connectivity index (χ1n) is 7.24. The summed E-state index contributed by atoms with van der Waals surface area (Å²) in [4.78, 5) is 9.16. The Hall–Kier alpha value is -1.36. The minimum Gasteiger partial charge on any atom is -0.374 e. The number of rotatable bonds is 7. The summed E-state index contributed by atoms with van der Waals surface area (Å²) >= 11 is 0. The van der Waals surface area contributed by atoms with Crippen molar-refractivity contribution in [3.05, 3.63) is 11.4 Å². The summed E-state index contributed by atoms with van der Waals surface area (Å²) in [5.41, 5.74) is 0.813. The Bertz CT molecular complexity index is 444. The number of ether oxygens (including phenoxy) is 1. The van der Waals surface area contributed by atoms with Crippen LogP contribution in [-0.2, 0) is 4.74 Å². The molecule has 114 valence electrons. The molecule has 0 aliphatic heterocycles. The predicted molar refractivity (Wildman–Crippen MR) is 84.6 cm³/mol. The normalized spacial score (nSPS) is 11.8. The lowest BCUT2D eigenvalue weighted by atomic mass is 10.1. The van der Waals surface area contributed by atoms with Gasteiger partial charge in [-0.05, 0) is 27.7 Å². The minimum absolute atomic E-state index is 0.218. The van der Waals surface area contributed by atoms with Crippen LogP contribution in [0, 0.1) is 6.92 Å². The SMILES string of the molecule is CCOC(C)(C)CNc1nc(C(C)C)nc(NC)c1C. The van der Waals surface area contributed by atoms with Gasteiger partial charge in [0.25, 0.3) is 0 Å². The van der Waals surface area contributed by atoms with Gasteiger partial charge in [-0.3, -0.25) is 0 Å². The molecular weight excluding hydrogens is 252 g/mol. The van der Waals surface area contributed by atoms with Crippen molar-refractivity contribution in [2.24, 2.45) is 0 Å². The van der Waals surface area contributed by atoms with Gasteiger partial charge in [-0.2, -0.15) is 0 Å². The van der Waals surface area contributed by atoms with Crippen molar-refractivity contribution in [2.75, 3.05) is 30.8 Å². The number of nitrogens with zero attached hydrogens (tertiary/aromatic N) is 2. The second kappa shape index (κ2) is 6.88. The van der Waals surface area contributed by atoms with Crippen LogP contribution in [0.5, 0.6) is 0 Å². The smallest absolute Gasteiger partial charge is 0.135 e. The van der Waals surface area contributed by atoms with E-state index in [1.54, 1.807) is 0 Å². The van der Waals surface area contributed by atoms with E-state index in [0.29, 0.717) is 19.1 Å². The van der Waals surface area contributed by atoms with Crippen LogP contribution in [0.2, 0.25) is 0 Å². The molecule has 0 aliphatic carbocycles. The Morgan fingerprint density at radius 3 is 2.30 bits per heavy atom. The number of hydrogen-bond donors (Lipinski definition) is 2. The van der Waals surface area contributed by atoms with Crippen molar-refractivity contribution in [3.8, 4) is 0 Å². The van der Waals surface area contributed by atoms with Gasteiger partial charge in [0.2, 0.25) is 0 Å². The number of hydrogen-bond acceptors (Lipinski definition) is 5.